The summed E-state index contributed by atoms with van der Waals surface area (Å²) in [6.45, 7) is 1.03. The first-order valence-electron chi connectivity index (χ1n) is 10.1. The molecule has 0 aliphatic carbocycles. The van der Waals surface area contributed by atoms with Crippen LogP contribution < -0.4 is 10.6 Å². The molecule has 14 heteroatoms. The van der Waals surface area contributed by atoms with E-state index in [1.807, 2.05) is 11.0 Å². The summed E-state index contributed by atoms with van der Waals surface area (Å²) < 4.78 is 61.4. The van der Waals surface area contributed by atoms with Gasteiger partial charge in [-0.15, -0.1) is 0 Å². The fraction of sp³-hybridized carbons (Fsp3) is 0.333. The average Bonchev–Trinajstić information content (AvgIpc) is 3.14. The van der Waals surface area contributed by atoms with Gasteiger partial charge in [0.25, 0.3) is 0 Å². The maximum Gasteiger partial charge on any atom is 0.490 e. The molecule has 0 unspecified atom stereocenters. The van der Waals surface area contributed by atoms with Gasteiger partial charge >= 0.3 is 12.1 Å². The topological polar surface area (TPSA) is 121 Å². The summed E-state index contributed by atoms with van der Waals surface area (Å²) in [5, 5.41) is 16.3. The molecule has 1 aliphatic heterocycles. The number of alkyl halides is 4. The van der Waals surface area contributed by atoms with Crippen molar-refractivity contribution in [3.05, 3.63) is 52.6 Å². The number of carboxylic acids is 1. The fourth-order valence-electron chi connectivity index (χ4n) is 3.42. The van der Waals surface area contributed by atoms with Crippen LogP contribution in [0.1, 0.15) is 17.7 Å². The second-order valence-electron chi connectivity index (χ2n) is 7.62. The van der Waals surface area contributed by atoms with Gasteiger partial charge in [0.05, 0.1) is 34.4 Å². The Morgan fingerprint density at radius 1 is 1.34 bits per heavy atom. The lowest BCUT2D eigenvalue weighted by Crippen LogP contribution is -2.50. The maximum absolute atomic E-state index is 14.0. The molecule has 1 aromatic carbocycles. The average molecular weight is 517 g/mol. The van der Waals surface area contributed by atoms with Crippen molar-refractivity contribution in [2.45, 2.75) is 31.4 Å². The molecular formula is C21H18ClF5N6O2. The third-order valence-corrected chi connectivity index (χ3v) is 5.41. The molecule has 186 valence electrons. The third kappa shape index (κ3) is 6.14. The molecule has 1 fully saturated rings. The fourth-order valence-corrected chi connectivity index (χ4v) is 3.66. The first kappa shape index (κ1) is 26.1. The Labute approximate surface area is 200 Å². The number of halogens is 6. The van der Waals surface area contributed by atoms with Crippen LogP contribution >= 0.6 is 11.6 Å². The summed E-state index contributed by atoms with van der Waals surface area (Å²) in [5.41, 5.74) is 8.00. The molecule has 35 heavy (non-hydrogen) atoms. The van der Waals surface area contributed by atoms with E-state index in [1.165, 1.54) is 18.3 Å². The highest BCUT2D eigenvalue weighted by molar-refractivity contribution is 6.35. The quantitative estimate of drug-likeness (QED) is 0.510. The van der Waals surface area contributed by atoms with Crippen molar-refractivity contribution >= 4 is 34.6 Å². The van der Waals surface area contributed by atoms with Crippen molar-refractivity contribution < 1.29 is 31.9 Å². The number of carboxylic acid groups (broad SMARTS) is 1. The van der Waals surface area contributed by atoms with Crippen LogP contribution in [0, 0.1) is 17.1 Å². The Morgan fingerprint density at radius 2 is 2.03 bits per heavy atom. The molecule has 8 nitrogen and oxygen atoms in total. The van der Waals surface area contributed by atoms with Gasteiger partial charge in [-0.25, -0.2) is 18.6 Å². The molecule has 3 N–H and O–H groups in total. The number of nitrogens with zero attached hydrogens (tertiary/aromatic N) is 5. The van der Waals surface area contributed by atoms with E-state index in [9.17, 15) is 22.0 Å². The summed E-state index contributed by atoms with van der Waals surface area (Å²) in [6.07, 6.45) is -4.37. The summed E-state index contributed by atoms with van der Waals surface area (Å²) in [7, 11) is 0. The molecule has 3 aromatic rings. The van der Waals surface area contributed by atoms with Gasteiger partial charge in [0.1, 0.15) is 23.6 Å². The number of pyridine rings is 1. The monoisotopic (exact) mass is 516 g/mol. The number of hydrogen-bond donors (Lipinski definition) is 2. The van der Waals surface area contributed by atoms with Crippen LogP contribution in [0.2, 0.25) is 5.02 Å². The summed E-state index contributed by atoms with van der Waals surface area (Å²) in [4.78, 5) is 19.7. The van der Waals surface area contributed by atoms with E-state index in [4.69, 9.17) is 32.5 Å². The normalized spacial score (nSPS) is 18.1. The van der Waals surface area contributed by atoms with Crippen molar-refractivity contribution in [3.8, 4) is 6.07 Å². The van der Waals surface area contributed by atoms with Crippen molar-refractivity contribution in [1.29, 1.82) is 5.26 Å². The van der Waals surface area contributed by atoms with Crippen LogP contribution in [-0.4, -0.2) is 57.1 Å². The molecule has 1 aliphatic rings. The molecule has 1 saturated heterocycles. The van der Waals surface area contributed by atoms with Gasteiger partial charge in [-0.05, 0) is 30.7 Å². The van der Waals surface area contributed by atoms with Crippen molar-refractivity contribution in [1.82, 2.24) is 14.5 Å². The summed E-state index contributed by atoms with van der Waals surface area (Å²) in [5.74, 6) is -2.69. The minimum atomic E-state index is -5.08. The number of benzene rings is 1. The van der Waals surface area contributed by atoms with Gasteiger partial charge in [0.15, 0.2) is 0 Å². The molecule has 0 bridgehead atoms. The van der Waals surface area contributed by atoms with Gasteiger partial charge < -0.3 is 20.3 Å². The van der Waals surface area contributed by atoms with Crippen LogP contribution in [0.25, 0.3) is 11.0 Å². The zero-order valence-corrected chi connectivity index (χ0v) is 18.6. The van der Waals surface area contributed by atoms with E-state index in [0.29, 0.717) is 54.3 Å². The van der Waals surface area contributed by atoms with Gasteiger partial charge in [0, 0.05) is 19.3 Å². The largest absolute Gasteiger partial charge is 0.490 e. The molecule has 0 amide bonds. The van der Waals surface area contributed by atoms with E-state index in [2.05, 4.69) is 9.97 Å². The van der Waals surface area contributed by atoms with Crippen LogP contribution in [0.3, 0.4) is 0 Å². The van der Waals surface area contributed by atoms with Gasteiger partial charge in [0.2, 0.25) is 5.95 Å². The SMILES string of the molecule is N#Cc1ccc(Cn2c(N3CC[C@@H](F)[C@H](N)C3)nc3c(Cl)cc(F)cc32)nc1.O=C(O)C(F)(F)F. The van der Waals surface area contributed by atoms with Crippen molar-refractivity contribution in [3.63, 3.8) is 0 Å². The number of piperidine rings is 1. The zero-order valence-electron chi connectivity index (χ0n) is 17.8. The number of carbonyl (C=O) groups is 1. The number of anilines is 1. The van der Waals surface area contributed by atoms with Crippen LogP contribution in [-0.2, 0) is 11.3 Å². The lowest BCUT2D eigenvalue weighted by atomic mass is 10.1. The Hall–Kier alpha value is -3.50. The molecule has 0 spiro atoms. The summed E-state index contributed by atoms with van der Waals surface area (Å²) in [6, 6.07) is 7.37. The maximum atomic E-state index is 14.0. The second kappa shape index (κ2) is 10.4. The number of hydrogen-bond acceptors (Lipinski definition) is 6. The first-order valence-corrected chi connectivity index (χ1v) is 10.4. The predicted molar refractivity (Wildman–Crippen MR) is 116 cm³/mol. The van der Waals surface area contributed by atoms with Gasteiger partial charge in [-0.1, -0.05) is 11.6 Å². The van der Waals surface area contributed by atoms with E-state index in [1.54, 1.807) is 16.7 Å². The Morgan fingerprint density at radius 3 is 2.57 bits per heavy atom. The van der Waals surface area contributed by atoms with Crippen molar-refractivity contribution in [2.75, 3.05) is 18.0 Å². The third-order valence-electron chi connectivity index (χ3n) is 5.12. The highest BCUT2D eigenvalue weighted by Crippen LogP contribution is 2.31. The lowest BCUT2D eigenvalue weighted by molar-refractivity contribution is -0.192. The minimum Gasteiger partial charge on any atom is -0.475 e. The molecule has 0 saturated carbocycles. The zero-order chi connectivity index (χ0) is 25.9. The number of nitriles is 1. The van der Waals surface area contributed by atoms with E-state index in [-0.39, 0.29) is 5.02 Å². The number of fused-ring (bicyclic) bond motifs is 1. The Bertz CT molecular complexity index is 1260. The number of aromatic nitrogens is 3. The van der Waals surface area contributed by atoms with Crippen LogP contribution in [0.4, 0.5) is 27.9 Å². The molecule has 3 heterocycles. The van der Waals surface area contributed by atoms with Crippen molar-refractivity contribution in [2.24, 2.45) is 5.73 Å². The molecule has 0 radical (unpaired) electrons. The molecule has 2 atom stereocenters. The Kier molecular flexibility index (Phi) is 7.76. The highest BCUT2D eigenvalue weighted by Gasteiger charge is 2.38. The molecule has 2 aromatic heterocycles. The number of nitrogens with two attached hydrogens (primary N) is 1. The van der Waals surface area contributed by atoms with Gasteiger partial charge in [-0.2, -0.15) is 18.4 Å². The van der Waals surface area contributed by atoms with E-state index in [0.717, 1.165) is 0 Å². The first-order chi connectivity index (χ1) is 16.4. The molecule has 4 rings (SSSR count). The van der Waals surface area contributed by atoms with E-state index >= 15 is 0 Å². The second-order valence-corrected chi connectivity index (χ2v) is 8.03. The highest BCUT2D eigenvalue weighted by atomic mass is 35.5. The number of aliphatic carboxylic acids is 1. The Balaban J connectivity index is 0.000000429. The predicted octanol–water partition coefficient (Wildman–Crippen LogP) is 3.65. The number of rotatable bonds is 3. The molecular weight excluding hydrogens is 499 g/mol. The van der Waals surface area contributed by atoms with Crippen LogP contribution in [0.15, 0.2) is 30.5 Å². The van der Waals surface area contributed by atoms with Gasteiger partial charge in [-0.3, -0.25) is 4.98 Å². The number of imidazole rings is 1. The summed E-state index contributed by atoms with van der Waals surface area (Å²) >= 11 is 6.21. The van der Waals surface area contributed by atoms with Crippen LogP contribution in [0.5, 0.6) is 0 Å². The standard InChI is InChI=1S/C19H17ClF2N6.C2HF3O2/c20-14-5-12(21)6-17-18(14)26-19(27-4-3-15(22)16(24)10-27)28(17)9-13-2-1-11(7-23)8-25-13;3-2(4,5)1(6)7/h1-2,5-6,8,15-16H,3-4,9-10,24H2;(H,6,7)/t15-,16-;/m1./s1. The van der Waals surface area contributed by atoms with E-state index < -0.39 is 30.2 Å². The smallest absolute Gasteiger partial charge is 0.475 e. The lowest BCUT2D eigenvalue weighted by Gasteiger charge is -2.34. The minimum absolute atomic E-state index is 0.201.